The van der Waals surface area contributed by atoms with Crippen molar-refractivity contribution in [3.63, 3.8) is 0 Å². The van der Waals surface area contributed by atoms with E-state index >= 15 is 0 Å². The predicted molar refractivity (Wildman–Crippen MR) is 113 cm³/mol. The number of benzene rings is 1. The number of hydrogen-bond donors (Lipinski definition) is 0. The maximum absolute atomic E-state index is 12.9. The van der Waals surface area contributed by atoms with Crippen molar-refractivity contribution in [2.24, 2.45) is 0 Å². The van der Waals surface area contributed by atoms with Crippen molar-refractivity contribution in [1.29, 1.82) is 0 Å². The van der Waals surface area contributed by atoms with Crippen LogP contribution in [0.1, 0.15) is 31.2 Å². The molecule has 2 aromatic heterocycles. The number of aromatic nitrogens is 2. The zero-order valence-electron chi connectivity index (χ0n) is 17.2. The van der Waals surface area contributed by atoms with Gasteiger partial charge in [-0.25, -0.2) is 0 Å². The number of nitrogens with zero attached hydrogens (tertiary/aromatic N) is 4. The lowest BCUT2D eigenvalue weighted by atomic mass is 9.99. The number of carbonyl (C=O) groups excluding carboxylic acids is 1. The van der Waals surface area contributed by atoms with E-state index < -0.39 is 0 Å². The standard InChI is InChI=1S/C23H26N4O3/c1-2-12-26(16-21-24-25-23(30-21)20-9-6-15-29-20)17-22(28)27-13-10-19(11-14-27)18-7-4-3-5-8-18/h3-10,15H,2,11-14,16-17H2,1H3. The molecule has 0 fully saturated rings. The van der Waals surface area contributed by atoms with Crippen molar-refractivity contribution >= 4 is 11.5 Å². The van der Waals surface area contributed by atoms with Gasteiger partial charge in [-0.05, 0) is 42.7 Å². The van der Waals surface area contributed by atoms with E-state index in [1.54, 1.807) is 18.4 Å². The minimum absolute atomic E-state index is 0.123. The molecular weight excluding hydrogens is 380 g/mol. The molecule has 0 radical (unpaired) electrons. The minimum atomic E-state index is 0.123. The van der Waals surface area contributed by atoms with Crippen molar-refractivity contribution in [1.82, 2.24) is 20.0 Å². The lowest BCUT2D eigenvalue weighted by Gasteiger charge is -2.29. The van der Waals surface area contributed by atoms with Crippen molar-refractivity contribution in [3.8, 4) is 11.7 Å². The average molecular weight is 406 g/mol. The van der Waals surface area contributed by atoms with Crippen LogP contribution in [0.3, 0.4) is 0 Å². The number of amides is 1. The fraction of sp³-hybridized carbons (Fsp3) is 0.348. The van der Waals surface area contributed by atoms with Gasteiger partial charge in [0.2, 0.25) is 11.8 Å². The second-order valence-electron chi connectivity index (χ2n) is 7.37. The monoisotopic (exact) mass is 406 g/mol. The number of hydrogen-bond acceptors (Lipinski definition) is 6. The Morgan fingerprint density at radius 3 is 2.73 bits per heavy atom. The van der Waals surface area contributed by atoms with Gasteiger partial charge in [-0.3, -0.25) is 9.69 Å². The Labute approximate surface area is 176 Å². The molecule has 1 aromatic carbocycles. The maximum Gasteiger partial charge on any atom is 0.283 e. The quantitative estimate of drug-likeness (QED) is 0.565. The number of carbonyl (C=O) groups is 1. The molecule has 3 heterocycles. The summed E-state index contributed by atoms with van der Waals surface area (Å²) >= 11 is 0. The van der Waals surface area contributed by atoms with Crippen molar-refractivity contribution < 1.29 is 13.6 Å². The first-order valence-corrected chi connectivity index (χ1v) is 10.3. The van der Waals surface area contributed by atoms with E-state index in [1.807, 2.05) is 23.1 Å². The molecule has 1 aliphatic rings. The van der Waals surface area contributed by atoms with E-state index in [9.17, 15) is 4.79 Å². The second kappa shape index (κ2) is 9.54. The van der Waals surface area contributed by atoms with E-state index in [-0.39, 0.29) is 5.91 Å². The molecule has 0 aliphatic carbocycles. The van der Waals surface area contributed by atoms with Crippen LogP contribution < -0.4 is 0 Å². The van der Waals surface area contributed by atoms with Gasteiger partial charge in [0.05, 0.1) is 19.4 Å². The van der Waals surface area contributed by atoms with Gasteiger partial charge in [0, 0.05) is 13.1 Å². The molecule has 0 N–H and O–H groups in total. The molecule has 7 nitrogen and oxygen atoms in total. The third kappa shape index (κ3) is 4.86. The van der Waals surface area contributed by atoms with Crippen LogP contribution in [0.25, 0.3) is 17.2 Å². The topological polar surface area (TPSA) is 75.6 Å². The Balaban J connectivity index is 1.35. The molecule has 1 amide bonds. The van der Waals surface area contributed by atoms with Crippen LogP contribution in [-0.4, -0.2) is 52.1 Å². The molecule has 30 heavy (non-hydrogen) atoms. The Hall–Kier alpha value is -3.19. The lowest BCUT2D eigenvalue weighted by molar-refractivity contribution is -0.132. The molecule has 0 saturated carbocycles. The Morgan fingerprint density at radius 2 is 2.03 bits per heavy atom. The molecule has 3 aromatic rings. The van der Waals surface area contributed by atoms with E-state index in [0.717, 1.165) is 25.9 Å². The summed E-state index contributed by atoms with van der Waals surface area (Å²) in [5, 5.41) is 8.14. The fourth-order valence-corrected chi connectivity index (χ4v) is 3.64. The predicted octanol–water partition coefficient (Wildman–Crippen LogP) is 3.86. The van der Waals surface area contributed by atoms with Gasteiger partial charge in [-0.2, -0.15) is 0 Å². The van der Waals surface area contributed by atoms with Gasteiger partial charge in [-0.15, -0.1) is 10.2 Å². The largest absolute Gasteiger partial charge is 0.459 e. The van der Waals surface area contributed by atoms with Crippen LogP contribution in [0.2, 0.25) is 0 Å². The first-order chi connectivity index (χ1) is 14.7. The van der Waals surface area contributed by atoms with E-state index in [2.05, 4.69) is 40.2 Å². The van der Waals surface area contributed by atoms with Gasteiger partial charge >= 0.3 is 0 Å². The summed E-state index contributed by atoms with van der Waals surface area (Å²) < 4.78 is 11.0. The van der Waals surface area contributed by atoms with Gasteiger partial charge in [0.1, 0.15) is 0 Å². The van der Waals surface area contributed by atoms with E-state index in [4.69, 9.17) is 8.83 Å². The fourth-order valence-electron chi connectivity index (χ4n) is 3.64. The van der Waals surface area contributed by atoms with E-state index in [0.29, 0.717) is 37.2 Å². The maximum atomic E-state index is 12.9. The highest BCUT2D eigenvalue weighted by Gasteiger charge is 2.21. The summed E-state index contributed by atoms with van der Waals surface area (Å²) in [7, 11) is 0. The van der Waals surface area contributed by atoms with Gasteiger partial charge in [-0.1, -0.05) is 43.3 Å². The van der Waals surface area contributed by atoms with Crippen LogP contribution in [-0.2, 0) is 11.3 Å². The molecule has 0 saturated heterocycles. The van der Waals surface area contributed by atoms with Gasteiger partial charge in [0.25, 0.3) is 5.89 Å². The summed E-state index contributed by atoms with van der Waals surface area (Å²) in [5.41, 5.74) is 2.54. The summed E-state index contributed by atoms with van der Waals surface area (Å²) in [5.74, 6) is 1.50. The van der Waals surface area contributed by atoms with Gasteiger partial charge in [0.15, 0.2) is 5.76 Å². The highest BCUT2D eigenvalue weighted by atomic mass is 16.4. The van der Waals surface area contributed by atoms with Gasteiger partial charge < -0.3 is 13.7 Å². The number of furan rings is 1. The van der Waals surface area contributed by atoms with Crippen LogP contribution in [0.15, 0.2) is 63.6 Å². The summed E-state index contributed by atoms with van der Waals surface area (Å²) in [6.07, 6.45) is 5.54. The molecule has 0 spiro atoms. The Bertz CT molecular complexity index is 979. The highest BCUT2D eigenvalue weighted by molar-refractivity contribution is 5.80. The Kier molecular flexibility index (Phi) is 6.39. The van der Waals surface area contributed by atoms with Crippen LogP contribution in [0.5, 0.6) is 0 Å². The molecule has 0 bridgehead atoms. The lowest BCUT2D eigenvalue weighted by Crippen LogP contribution is -2.42. The first kappa shape index (κ1) is 20.1. The van der Waals surface area contributed by atoms with Crippen molar-refractivity contribution in [3.05, 3.63) is 66.3 Å². The third-order valence-electron chi connectivity index (χ3n) is 5.16. The van der Waals surface area contributed by atoms with Crippen LogP contribution in [0, 0.1) is 0 Å². The summed E-state index contributed by atoms with van der Waals surface area (Å²) in [6, 6.07) is 13.9. The Morgan fingerprint density at radius 1 is 1.17 bits per heavy atom. The molecule has 0 atom stereocenters. The minimum Gasteiger partial charge on any atom is -0.459 e. The second-order valence-corrected chi connectivity index (χ2v) is 7.37. The molecule has 7 heteroatoms. The molecule has 1 aliphatic heterocycles. The molecule has 0 unspecified atom stereocenters. The molecular formula is C23H26N4O3. The smallest absolute Gasteiger partial charge is 0.283 e. The average Bonchev–Trinajstić information content (AvgIpc) is 3.47. The summed E-state index contributed by atoms with van der Waals surface area (Å²) in [4.78, 5) is 16.8. The first-order valence-electron chi connectivity index (χ1n) is 10.3. The van der Waals surface area contributed by atoms with E-state index in [1.165, 1.54) is 11.1 Å². The molecule has 156 valence electrons. The SMILES string of the molecule is CCCN(CC(=O)N1CC=C(c2ccccc2)CC1)Cc1nnc(-c2ccco2)o1. The summed E-state index contributed by atoms with van der Waals surface area (Å²) in [6.45, 7) is 5.03. The zero-order valence-corrected chi connectivity index (χ0v) is 17.2. The van der Waals surface area contributed by atoms with Crippen molar-refractivity contribution in [2.75, 3.05) is 26.2 Å². The van der Waals surface area contributed by atoms with Crippen molar-refractivity contribution in [2.45, 2.75) is 26.3 Å². The van der Waals surface area contributed by atoms with Crippen LogP contribution in [0.4, 0.5) is 0 Å². The molecule has 4 rings (SSSR count). The zero-order chi connectivity index (χ0) is 20.8. The normalized spacial score (nSPS) is 14.2. The van der Waals surface area contributed by atoms with Crippen LogP contribution >= 0.6 is 0 Å². The number of rotatable bonds is 8. The third-order valence-corrected chi connectivity index (χ3v) is 5.16. The highest BCUT2D eigenvalue weighted by Crippen LogP contribution is 2.22.